The Morgan fingerprint density at radius 1 is 1.18 bits per heavy atom. The first-order valence-electron chi connectivity index (χ1n) is 8.04. The Kier molecular flexibility index (Phi) is 7.05. The third-order valence-corrected chi connectivity index (χ3v) is 3.53. The lowest BCUT2D eigenvalue weighted by Crippen LogP contribution is -2.32. The molecule has 0 saturated heterocycles. The van der Waals surface area contributed by atoms with Crippen molar-refractivity contribution in [1.29, 1.82) is 0 Å². The summed E-state index contributed by atoms with van der Waals surface area (Å²) in [6.45, 7) is -1.80. The van der Waals surface area contributed by atoms with Crippen LogP contribution in [-0.2, 0) is 0 Å². The van der Waals surface area contributed by atoms with Crippen molar-refractivity contribution in [3.63, 3.8) is 0 Å². The number of aliphatic hydroxyl groups excluding tert-OH is 1. The van der Waals surface area contributed by atoms with Gasteiger partial charge in [0.25, 0.3) is 0 Å². The highest BCUT2D eigenvalue weighted by molar-refractivity contribution is 5.89. The third kappa shape index (κ3) is 6.31. The van der Waals surface area contributed by atoms with Crippen molar-refractivity contribution in [2.75, 3.05) is 25.6 Å². The molecule has 3 N–H and O–H groups in total. The molecule has 28 heavy (non-hydrogen) atoms. The van der Waals surface area contributed by atoms with E-state index in [1.165, 1.54) is 37.4 Å². The van der Waals surface area contributed by atoms with Crippen molar-refractivity contribution < 1.29 is 36.9 Å². The standard InChI is InChI=1S/C18H18F4N2O4/c1-27-15-7-6-11(8-16(15)28-10-18(20,21)22)24-17(26)23-9-14(25)12-4-2-3-5-13(12)19/h2-8,14,25H,9-10H2,1H3,(H2,23,24,26). The average Bonchev–Trinajstić information content (AvgIpc) is 2.64. The fourth-order valence-electron chi connectivity index (χ4n) is 2.25. The lowest BCUT2D eigenvalue weighted by Gasteiger charge is -2.15. The van der Waals surface area contributed by atoms with Crippen LogP contribution in [0.2, 0.25) is 0 Å². The topological polar surface area (TPSA) is 79.8 Å². The SMILES string of the molecule is COc1ccc(NC(=O)NCC(O)c2ccccc2F)cc1OCC(F)(F)F. The number of urea groups is 1. The van der Waals surface area contributed by atoms with Gasteiger partial charge in [-0.15, -0.1) is 0 Å². The van der Waals surface area contributed by atoms with Gasteiger partial charge in [-0.25, -0.2) is 9.18 Å². The number of alkyl halides is 3. The minimum atomic E-state index is -4.53. The van der Waals surface area contributed by atoms with Gasteiger partial charge in [-0.3, -0.25) is 0 Å². The van der Waals surface area contributed by atoms with Gasteiger partial charge in [-0.2, -0.15) is 13.2 Å². The largest absolute Gasteiger partial charge is 0.493 e. The number of anilines is 1. The highest BCUT2D eigenvalue weighted by Gasteiger charge is 2.29. The highest BCUT2D eigenvalue weighted by atomic mass is 19.4. The molecule has 0 aliphatic heterocycles. The van der Waals surface area contributed by atoms with E-state index in [1.807, 2.05) is 0 Å². The number of hydrogen-bond acceptors (Lipinski definition) is 4. The molecule has 0 fully saturated rings. The molecule has 0 heterocycles. The number of carbonyl (C=O) groups excluding carboxylic acids is 1. The zero-order chi connectivity index (χ0) is 20.7. The Morgan fingerprint density at radius 3 is 2.54 bits per heavy atom. The predicted octanol–water partition coefficient (Wildman–Crippen LogP) is 3.63. The second-order valence-corrected chi connectivity index (χ2v) is 5.64. The van der Waals surface area contributed by atoms with Crippen molar-refractivity contribution in [2.24, 2.45) is 0 Å². The number of halogens is 4. The summed E-state index contributed by atoms with van der Waals surface area (Å²) in [5.74, 6) is -0.756. The van der Waals surface area contributed by atoms with Gasteiger partial charge in [-0.05, 0) is 18.2 Å². The van der Waals surface area contributed by atoms with Crippen LogP contribution in [0.15, 0.2) is 42.5 Å². The fraction of sp³-hybridized carbons (Fsp3) is 0.278. The van der Waals surface area contributed by atoms with E-state index in [-0.39, 0.29) is 29.3 Å². The Morgan fingerprint density at radius 2 is 1.89 bits per heavy atom. The molecule has 2 amide bonds. The predicted molar refractivity (Wildman–Crippen MR) is 92.9 cm³/mol. The summed E-state index contributed by atoms with van der Waals surface area (Å²) < 4.78 is 60.2. The van der Waals surface area contributed by atoms with Crippen molar-refractivity contribution in [3.05, 3.63) is 53.8 Å². The van der Waals surface area contributed by atoms with E-state index in [9.17, 15) is 27.5 Å². The number of nitrogens with one attached hydrogen (secondary N) is 2. The van der Waals surface area contributed by atoms with Gasteiger partial charge in [0.15, 0.2) is 18.1 Å². The van der Waals surface area contributed by atoms with Crippen LogP contribution in [0.5, 0.6) is 11.5 Å². The lowest BCUT2D eigenvalue weighted by molar-refractivity contribution is -0.153. The fourth-order valence-corrected chi connectivity index (χ4v) is 2.25. The van der Waals surface area contributed by atoms with Crippen LogP contribution in [0, 0.1) is 5.82 Å². The Hall–Kier alpha value is -3.01. The van der Waals surface area contributed by atoms with Gasteiger partial charge in [0.2, 0.25) is 0 Å². The first kappa shape index (κ1) is 21.3. The van der Waals surface area contributed by atoms with Crippen LogP contribution in [0.3, 0.4) is 0 Å². The van der Waals surface area contributed by atoms with E-state index in [4.69, 9.17) is 4.74 Å². The molecular formula is C18H18F4N2O4. The molecule has 2 rings (SSSR count). The lowest BCUT2D eigenvalue weighted by atomic mass is 10.1. The second kappa shape index (κ2) is 9.27. The van der Waals surface area contributed by atoms with Gasteiger partial charge in [0.05, 0.1) is 13.2 Å². The van der Waals surface area contributed by atoms with E-state index < -0.39 is 30.7 Å². The molecule has 1 atom stereocenters. The smallest absolute Gasteiger partial charge is 0.422 e. The van der Waals surface area contributed by atoms with Crippen LogP contribution >= 0.6 is 0 Å². The van der Waals surface area contributed by atoms with Crippen molar-refractivity contribution >= 4 is 11.7 Å². The molecular weight excluding hydrogens is 384 g/mol. The quantitative estimate of drug-likeness (QED) is 0.618. The minimum Gasteiger partial charge on any atom is -0.493 e. The van der Waals surface area contributed by atoms with E-state index in [2.05, 4.69) is 15.4 Å². The van der Waals surface area contributed by atoms with Gasteiger partial charge < -0.3 is 25.2 Å². The zero-order valence-electron chi connectivity index (χ0n) is 14.7. The second-order valence-electron chi connectivity index (χ2n) is 5.64. The molecule has 0 bridgehead atoms. The molecule has 0 spiro atoms. The molecule has 1 unspecified atom stereocenters. The summed E-state index contributed by atoms with van der Waals surface area (Å²) in [4.78, 5) is 11.9. The maximum absolute atomic E-state index is 13.6. The van der Waals surface area contributed by atoms with E-state index in [1.54, 1.807) is 6.07 Å². The van der Waals surface area contributed by atoms with Gasteiger partial charge in [0, 0.05) is 23.9 Å². The first-order valence-corrected chi connectivity index (χ1v) is 8.04. The van der Waals surface area contributed by atoms with Crippen molar-refractivity contribution in [3.8, 4) is 11.5 Å². The van der Waals surface area contributed by atoms with Crippen molar-refractivity contribution in [2.45, 2.75) is 12.3 Å². The normalized spacial score (nSPS) is 12.2. The average molecular weight is 402 g/mol. The summed E-state index contributed by atoms with van der Waals surface area (Å²) in [7, 11) is 1.26. The minimum absolute atomic E-state index is 0.0232. The highest BCUT2D eigenvalue weighted by Crippen LogP contribution is 2.31. The van der Waals surface area contributed by atoms with E-state index in [0.29, 0.717) is 0 Å². The number of hydrogen-bond donors (Lipinski definition) is 3. The molecule has 0 radical (unpaired) electrons. The molecule has 2 aromatic carbocycles. The summed E-state index contributed by atoms with van der Waals surface area (Å²) in [6, 6.07) is 8.71. The maximum atomic E-state index is 13.6. The number of amides is 2. The summed E-state index contributed by atoms with van der Waals surface area (Å²) in [5, 5.41) is 14.7. The molecule has 0 saturated carbocycles. The van der Waals surface area contributed by atoms with Crippen LogP contribution in [0.1, 0.15) is 11.7 Å². The van der Waals surface area contributed by atoms with Crippen LogP contribution in [0.4, 0.5) is 28.0 Å². The third-order valence-electron chi connectivity index (χ3n) is 3.53. The van der Waals surface area contributed by atoms with E-state index >= 15 is 0 Å². The molecule has 10 heteroatoms. The van der Waals surface area contributed by atoms with Crippen LogP contribution < -0.4 is 20.1 Å². The number of benzene rings is 2. The maximum Gasteiger partial charge on any atom is 0.422 e. The monoisotopic (exact) mass is 402 g/mol. The Bertz CT molecular complexity index is 814. The summed E-state index contributed by atoms with van der Waals surface area (Å²) >= 11 is 0. The Balaban J connectivity index is 1.96. The van der Waals surface area contributed by atoms with Gasteiger partial charge >= 0.3 is 12.2 Å². The van der Waals surface area contributed by atoms with Crippen LogP contribution in [0.25, 0.3) is 0 Å². The van der Waals surface area contributed by atoms with Crippen molar-refractivity contribution in [1.82, 2.24) is 5.32 Å². The number of ether oxygens (including phenoxy) is 2. The summed E-state index contributed by atoms with van der Waals surface area (Å²) in [6.07, 6.45) is -5.80. The van der Waals surface area contributed by atoms with E-state index in [0.717, 1.165) is 6.07 Å². The molecule has 2 aromatic rings. The molecule has 6 nitrogen and oxygen atoms in total. The molecule has 0 aliphatic rings. The van der Waals surface area contributed by atoms with Gasteiger partial charge in [0.1, 0.15) is 5.82 Å². The molecule has 152 valence electrons. The molecule has 0 aromatic heterocycles. The number of carbonyl (C=O) groups is 1. The van der Waals surface area contributed by atoms with Crippen LogP contribution in [-0.4, -0.2) is 37.6 Å². The first-order chi connectivity index (χ1) is 13.2. The molecule has 0 aliphatic carbocycles. The van der Waals surface area contributed by atoms with Gasteiger partial charge in [-0.1, -0.05) is 18.2 Å². The Labute approximate surface area is 158 Å². The number of aliphatic hydroxyl groups is 1. The number of rotatable bonds is 7. The zero-order valence-corrected chi connectivity index (χ0v) is 14.7. The number of methoxy groups -OCH3 is 1. The summed E-state index contributed by atoms with van der Waals surface area (Å²) in [5.41, 5.74) is 0.158.